The Kier molecular flexibility index (Phi) is 5.65. The maximum Gasteiger partial charge on any atom is 1.00 e. The maximum absolute atomic E-state index is 13.1. The Balaban J connectivity index is 0.00000218. The van der Waals surface area contributed by atoms with Gasteiger partial charge in [0.05, 0.1) is 23.7 Å². The molecule has 2 heterocycles. The largest absolute Gasteiger partial charge is 1.00 e. The summed E-state index contributed by atoms with van der Waals surface area (Å²) in [4.78, 5) is 28.5. The maximum atomic E-state index is 13.1. The monoisotopic (exact) mass is 419 g/mol. The van der Waals surface area contributed by atoms with Crippen molar-refractivity contribution in [2.45, 2.75) is 31.1 Å². The number of rotatable bonds is 2. The second-order valence-electron chi connectivity index (χ2n) is 7.89. The minimum absolute atomic E-state index is 0. The Bertz CT molecular complexity index is 1080. The van der Waals surface area contributed by atoms with Crippen LogP contribution in [0.2, 0.25) is 0 Å². The molecule has 6 heteroatoms. The van der Waals surface area contributed by atoms with Gasteiger partial charge >= 0.3 is 51.4 Å². The molecule has 3 aliphatic rings. The van der Waals surface area contributed by atoms with Crippen molar-refractivity contribution in [2.75, 3.05) is 18.0 Å². The summed E-state index contributed by atoms with van der Waals surface area (Å²) in [7, 11) is 0. The van der Waals surface area contributed by atoms with E-state index in [9.17, 15) is 20.1 Å². The third-order valence-electron chi connectivity index (χ3n) is 6.35. The average molecular weight is 420 g/mol. The van der Waals surface area contributed by atoms with Gasteiger partial charge in [0, 0.05) is 18.8 Å². The fourth-order valence-electron chi connectivity index (χ4n) is 5.02. The predicted molar refractivity (Wildman–Crippen MR) is 107 cm³/mol. The molecular formula is C24H18KN3O2. The third kappa shape index (κ3) is 2.91. The first-order chi connectivity index (χ1) is 14.1. The van der Waals surface area contributed by atoms with Gasteiger partial charge in [-0.05, 0) is 48.3 Å². The quantitative estimate of drug-likeness (QED) is 0.517. The molecule has 2 aliphatic heterocycles. The zero-order chi connectivity index (χ0) is 20.2. The van der Waals surface area contributed by atoms with E-state index in [1.165, 1.54) is 5.69 Å². The van der Waals surface area contributed by atoms with Crippen LogP contribution in [0.1, 0.15) is 50.2 Å². The van der Waals surface area contributed by atoms with Crippen molar-refractivity contribution in [2.24, 2.45) is 0 Å². The fraction of sp³-hybridized carbons (Fsp3) is 0.292. The summed E-state index contributed by atoms with van der Waals surface area (Å²) in [5.74, 6) is -1.26. The molecule has 2 aromatic carbocycles. The third-order valence-corrected chi connectivity index (χ3v) is 6.35. The molecule has 0 unspecified atom stereocenters. The van der Waals surface area contributed by atoms with Gasteiger partial charge in [-0.25, -0.2) is 0 Å². The van der Waals surface area contributed by atoms with Gasteiger partial charge < -0.3 is 14.5 Å². The average Bonchev–Trinajstić information content (AvgIpc) is 3.02. The van der Waals surface area contributed by atoms with Crippen molar-refractivity contribution in [3.8, 4) is 12.1 Å². The molecule has 0 fully saturated rings. The Labute approximate surface area is 218 Å². The van der Waals surface area contributed by atoms with Gasteiger partial charge in [0.1, 0.15) is 0 Å². The standard InChI is InChI=1S/C24H18N3O2.K/c25-13-24(14-26,20-22(28)18-7-1-2-8-19(18)23(20)29)17-11-15-5-3-9-27-10-4-6-16(12-17)21(15)27;/h1-2,7-8,11-12H,3-6,9-10H2;/q-1;+1. The van der Waals surface area contributed by atoms with Crippen LogP contribution >= 0.6 is 0 Å². The van der Waals surface area contributed by atoms with E-state index in [1.807, 2.05) is 12.1 Å². The van der Waals surface area contributed by atoms with Gasteiger partial charge in [0.25, 0.3) is 0 Å². The molecule has 0 atom stereocenters. The Morgan fingerprint density at radius 2 is 1.40 bits per heavy atom. The zero-order valence-electron chi connectivity index (χ0n) is 16.9. The number of Topliss-reactive ketones (excluding diaryl/α,β-unsaturated/α-hetero) is 2. The molecule has 5 rings (SSSR count). The van der Waals surface area contributed by atoms with E-state index in [-0.39, 0.29) is 68.4 Å². The van der Waals surface area contributed by atoms with Gasteiger partial charge in [0.2, 0.25) is 0 Å². The first-order valence-electron chi connectivity index (χ1n) is 9.90. The van der Waals surface area contributed by atoms with Crippen LogP contribution in [-0.4, -0.2) is 24.7 Å². The number of hydrogen-bond donors (Lipinski definition) is 0. The van der Waals surface area contributed by atoms with Crippen LogP contribution in [0.3, 0.4) is 0 Å². The second-order valence-corrected chi connectivity index (χ2v) is 7.89. The van der Waals surface area contributed by atoms with Gasteiger partial charge in [-0.15, -0.1) is 23.3 Å². The summed E-state index contributed by atoms with van der Waals surface area (Å²) in [5.41, 5.74) is 2.51. The summed E-state index contributed by atoms with van der Waals surface area (Å²) in [5, 5.41) is 20.3. The number of hydrogen-bond acceptors (Lipinski definition) is 5. The summed E-state index contributed by atoms with van der Waals surface area (Å²) in [6, 6.07) is 14.4. The number of benzene rings is 2. The smallest absolute Gasteiger partial charge is 0.371 e. The number of ketones is 2. The Hall–Kier alpha value is -1.93. The van der Waals surface area contributed by atoms with E-state index in [2.05, 4.69) is 17.0 Å². The molecule has 0 aromatic heterocycles. The minimum Gasteiger partial charge on any atom is -0.371 e. The number of nitrogens with zero attached hydrogens (tertiary/aromatic N) is 3. The van der Waals surface area contributed by atoms with Crippen LogP contribution < -0.4 is 56.3 Å². The number of carbonyl (C=O) groups is 2. The van der Waals surface area contributed by atoms with Gasteiger partial charge in [-0.1, -0.05) is 24.3 Å². The van der Waals surface area contributed by atoms with E-state index in [1.54, 1.807) is 24.3 Å². The molecule has 5 nitrogen and oxygen atoms in total. The van der Waals surface area contributed by atoms with Crippen LogP contribution in [0.15, 0.2) is 36.4 Å². The van der Waals surface area contributed by atoms with Crippen LogP contribution in [0.5, 0.6) is 0 Å². The number of fused-ring (bicyclic) bond motifs is 1. The molecule has 0 radical (unpaired) electrons. The summed E-state index contributed by atoms with van der Waals surface area (Å²) in [6.45, 7) is 2.04. The molecule has 0 saturated heterocycles. The zero-order valence-corrected chi connectivity index (χ0v) is 20.0. The van der Waals surface area contributed by atoms with E-state index < -0.39 is 17.0 Å². The Morgan fingerprint density at radius 3 is 1.87 bits per heavy atom. The van der Waals surface area contributed by atoms with Crippen molar-refractivity contribution < 1.29 is 61.0 Å². The molecule has 1 aliphatic carbocycles. The Morgan fingerprint density at radius 1 is 0.900 bits per heavy atom. The van der Waals surface area contributed by atoms with Crippen molar-refractivity contribution >= 4 is 17.3 Å². The van der Waals surface area contributed by atoms with E-state index in [0.717, 1.165) is 49.9 Å². The fourth-order valence-corrected chi connectivity index (χ4v) is 5.02. The molecular weight excluding hydrogens is 401 g/mol. The SMILES string of the molecule is N#CC(C#N)(c1cc2c3c(c1)CCCN3CCC2)[C-]1C(=O)c2ccccc2C1=O.[K+]. The number of carbonyl (C=O) groups excluding carboxylic acids is 2. The number of aryl methyl sites for hydroxylation is 2. The first kappa shape index (κ1) is 21.3. The van der Waals surface area contributed by atoms with E-state index in [0.29, 0.717) is 5.56 Å². The van der Waals surface area contributed by atoms with Crippen molar-refractivity contribution in [1.82, 2.24) is 0 Å². The van der Waals surface area contributed by atoms with Gasteiger partial charge in [-0.3, -0.25) is 0 Å². The molecule has 0 bridgehead atoms. The van der Waals surface area contributed by atoms with Gasteiger partial charge in [0.15, 0.2) is 5.41 Å². The molecule has 142 valence electrons. The van der Waals surface area contributed by atoms with Crippen molar-refractivity contribution in [3.63, 3.8) is 0 Å². The number of nitriles is 2. The molecule has 30 heavy (non-hydrogen) atoms. The van der Waals surface area contributed by atoms with Crippen LogP contribution in [-0.2, 0) is 18.3 Å². The molecule has 2 aromatic rings. The molecule has 0 spiro atoms. The second kappa shape index (κ2) is 7.96. The minimum atomic E-state index is -1.90. The normalized spacial score (nSPS) is 16.9. The number of anilines is 1. The van der Waals surface area contributed by atoms with Crippen LogP contribution in [0, 0.1) is 28.6 Å². The molecule has 0 N–H and O–H groups in total. The predicted octanol–water partition coefficient (Wildman–Crippen LogP) is 0.328. The van der Waals surface area contributed by atoms with Crippen LogP contribution in [0.4, 0.5) is 5.69 Å². The van der Waals surface area contributed by atoms with E-state index >= 15 is 0 Å². The molecule has 0 saturated carbocycles. The molecule has 0 amide bonds. The summed E-state index contributed by atoms with van der Waals surface area (Å²) in [6.07, 6.45) is 3.78. The van der Waals surface area contributed by atoms with Crippen molar-refractivity contribution in [3.05, 3.63) is 70.1 Å². The van der Waals surface area contributed by atoms with E-state index in [4.69, 9.17) is 0 Å². The first-order valence-corrected chi connectivity index (χ1v) is 9.90. The summed E-state index contributed by atoms with van der Waals surface area (Å²) >= 11 is 0. The topological polar surface area (TPSA) is 85.0 Å². The van der Waals surface area contributed by atoms with Gasteiger partial charge in [-0.2, -0.15) is 10.5 Å². The summed E-state index contributed by atoms with van der Waals surface area (Å²) < 4.78 is 0. The van der Waals surface area contributed by atoms with Crippen LogP contribution in [0.25, 0.3) is 0 Å². The van der Waals surface area contributed by atoms with Crippen molar-refractivity contribution in [1.29, 1.82) is 10.5 Å².